The van der Waals surface area contributed by atoms with E-state index in [1.807, 2.05) is 12.1 Å². The summed E-state index contributed by atoms with van der Waals surface area (Å²) in [6, 6.07) is 68.1. The molecule has 0 atom stereocenters. The minimum atomic E-state index is 0.910. The third kappa shape index (κ3) is 4.25. The molecule has 0 spiro atoms. The fourth-order valence-corrected chi connectivity index (χ4v) is 8.61. The number of aromatic nitrogens is 1. The van der Waals surface area contributed by atoms with Crippen molar-refractivity contribution in [1.82, 2.24) is 4.57 Å². The van der Waals surface area contributed by atoms with E-state index in [0.717, 1.165) is 27.6 Å². The first-order chi connectivity index (χ1) is 25.8. The number of benzene rings is 9. The lowest BCUT2D eigenvalue weighted by atomic mass is 9.85. The van der Waals surface area contributed by atoms with Gasteiger partial charge in [0, 0.05) is 27.2 Å². The molecule has 242 valence electrons. The van der Waals surface area contributed by atoms with Crippen LogP contribution < -0.4 is 0 Å². The van der Waals surface area contributed by atoms with Gasteiger partial charge in [0.25, 0.3) is 0 Å². The van der Waals surface area contributed by atoms with Gasteiger partial charge in [-0.3, -0.25) is 0 Å². The Hall–Kier alpha value is -6.90. The number of fused-ring (bicyclic) bond motifs is 8. The van der Waals surface area contributed by atoms with Gasteiger partial charge in [-0.2, -0.15) is 0 Å². The summed E-state index contributed by atoms with van der Waals surface area (Å²) in [6.45, 7) is 0. The summed E-state index contributed by atoms with van der Waals surface area (Å²) in [6.07, 6.45) is 0. The first kappa shape index (κ1) is 28.9. The van der Waals surface area contributed by atoms with Gasteiger partial charge < -0.3 is 8.98 Å². The largest absolute Gasteiger partial charge is 0.456 e. The van der Waals surface area contributed by atoms with Crippen LogP contribution in [0, 0.1) is 0 Å². The van der Waals surface area contributed by atoms with Crippen LogP contribution in [0.1, 0.15) is 0 Å². The number of hydrogen-bond donors (Lipinski definition) is 0. The Morgan fingerprint density at radius 2 is 0.788 bits per heavy atom. The predicted molar refractivity (Wildman–Crippen MR) is 219 cm³/mol. The van der Waals surface area contributed by atoms with E-state index in [2.05, 4.69) is 180 Å². The van der Waals surface area contributed by atoms with Crippen molar-refractivity contribution < 1.29 is 4.42 Å². The minimum absolute atomic E-state index is 0.910. The Kier molecular flexibility index (Phi) is 6.28. The van der Waals surface area contributed by atoms with Crippen molar-refractivity contribution in [3.63, 3.8) is 0 Å². The second-order valence-corrected chi connectivity index (χ2v) is 13.6. The van der Waals surface area contributed by atoms with Crippen molar-refractivity contribution in [2.75, 3.05) is 0 Å². The van der Waals surface area contributed by atoms with E-state index < -0.39 is 0 Å². The average molecular weight is 662 g/mol. The summed E-state index contributed by atoms with van der Waals surface area (Å²) >= 11 is 0. The lowest BCUT2D eigenvalue weighted by Crippen LogP contribution is -1.95. The quantitative estimate of drug-likeness (QED) is 0.172. The third-order valence-electron chi connectivity index (χ3n) is 10.8. The van der Waals surface area contributed by atoms with Crippen molar-refractivity contribution in [3.05, 3.63) is 188 Å². The van der Waals surface area contributed by atoms with Gasteiger partial charge in [0.2, 0.25) is 0 Å². The number of nitrogens with zero attached hydrogens (tertiary/aromatic N) is 1. The Morgan fingerprint density at radius 1 is 0.327 bits per heavy atom. The van der Waals surface area contributed by atoms with Gasteiger partial charge in [0.15, 0.2) is 0 Å². The van der Waals surface area contributed by atoms with E-state index in [0.29, 0.717) is 0 Å². The molecule has 0 N–H and O–H groups in total. The van der Waals surface area contributed by atoms with E-state index in [1.54, 1.807) is 0 Å². The van der Waals surface area contributed by atoms with Gasteiger partial charge >= 0.3 is 0 Å². The zero-order valence-electron chi connectivity index (χ0n) is 28.3. The number of para-hydroxylation sites is 3. The van der Waals surface area contributed by atoms with E-state index in [4.69, 9.17) is 4.42 Å². The maximum Gasteiger partial charge on any atom is 0.136 e. The van der Waals surface area contributed by atoms with Crippen LogP contribution in [0.3, 0.4) is 0 Å². The van der Waals surface area contributed by atoms with Crippen LogP contribution in [0.5, 0.6) is 0 Å². The second kappa shape index (κ2) is 11.3. The Labute approximate surface area is 300 Å². The molecule has 0 aliphatic heterocycles. The van der Waals surface area contributed by atoms with Gasteiger partial charge in [-0.25, -0.2) is 0 Å². The Balaban J connectivity index is 1.14. The number of rotatable bonds is 4. The number of hydrogen-bond acceptors (Lipinski definition) is 1. The Bertz CT molecular complexity index is 3080. The molecule has 0 radical (unpaired) electrons. The maximum absolute atomic E-state index is 6.27. The van der Waals surface area contributed by atoms with Gasteiger partial charge in [-0.05, 0) is 97.4 Å². The highest BCUT2D eigenvalue weighted by Crippen LogP contribution is 2.45. The minimum Gasteiger partial charge on any atom is -0.456 e. The summed E-state index contributed by atoms with van der Waals surface area (Å²) < 4.78 is 8.68. The van der Waals surface area contributed by atoms with Crippen LogP contribution >= 0.6 is 0 Å². The molecule has 11 aromatic rings. The molecule has 0 aliphatic carbocycles. The summed E-state index contributed by atoms with van der Waals surface area (Å²) in [5, 5.41) is 9.79. The van der Waals surface area contributed by atoms with Gasteiger partial charge in [-0.15, -0.1) is 0 Å². The van der Waals surface area contributed by atoms with E-state index >= 15 is 0 Å². The lowest BCUT2D eigenvalue weighted by Gasteiger charge is -2.19. The molecule has 0 fully saturated rings. The van der Waals surface area contributed by atoms with Gasteiger partial charge in [0.05, 0.1) is 11.0 Å². The molecule has 2 aromatic heterocycles. The normalized spacial score (nSPS) is 11.8. The van der Waals surface area contributed by atoms with E-state index in [9.17, 15) is 0 Å². The molecule has 2 heteroatoms. The van der Waals surface area contributed by atoms with Crippen molar-refractivity contribution in [3.8, 4) is 39.1 Å². The van der Waals surface area contributed by atoms with Crippen molar-refractivity contribution >= 4 is 65.3 Å². The molecule has 0 saturated carbocycles. The van der Waals surface area contributed by atoms with Crippen molar-refractivity contribution in [1.29, 1.82) is 0 Å². The van der Waals surface area contributed by atoms with Gasteiger partial charge in [0.1, 0.15) is 11.2 Å². The molecule has 2 nitrogen and oxygen atoms in total. The molecular formula is C50H31NO. The van der Waals surface area contributed by atoms with Crippen molar-refractivity contribution in [2.45, 2.75) is 0 Å². The van der Waals surface area contributed by atoms with Crippen molar-refractivity contribution in [2.24, 2.45) is 0 Å². The standard InChI is InChI=1S/C50H31NO/c1-3-22-41-39(20-1)48(33-15-11-14-32(30-33)36-25-13-29-47-50(36)43-24-7-10-28-46(43)52-47)40-21-2-4-23-42(40)49(41)34-16-12-17-35(31-34)51-44-26-8-5-18-37(44)38-19-6-9-27-45(38)51/h1-31H. The third-order valence-corrected chi connectivity index (χ3v) is 10.8. The topological polar surface area (TPSA) is 18.1 Å². The molecule has 0 aliphatic rings. The van der Waals surface area contributed by atoms with Crippen LogP contribution in [0.2, 0.25) is 0 Å². The average Bonchev–Trinajstić information content (AvgIpc) is 3.76. The van der Waals surface area contributed by atoms with Crippen LogP contribution in [0.15, 0.2) is 192 Å². The SMILES string of the molecule is c1cc(-c2c3ccccc3c(-c3cccc(-n4c5ccccc5c5ccccc54)c3)c3ccccc23)cc(-c2cccc3oc4ccccc4c23)c1. The molecule has 0 unspecified atom stereocenters. The highest BCUT2D eigenvalue weighted by atomic mass is 16.3. The molecule has 52 heavy (non-hydrogen) atoms. The molecule has 11 rings (SSSR count). The highest BCUT2D eigenvalue weighted by molar-refractivity contribution is 6.22. The summed E-state index contributed by atoms with van der Waals surface area (Å²) in [5.41, 5.74) is 12.6. The molecule has 0 saturated heterocycles. The fourth-order valence-electron chi connectivity index (χ4n) is 8.61. The van der Waals surface area contributed by atoms with Gasteiger partial charge in [-0.1, -0.05) is 146 Å². The van der Waals surface area contributed by atoms with E-state index in [-0.39, 0.29) is 0 Å². The first-order valence-corrected chi connectivity index (χ1v) is 17.9. The summed E-state index contributed by atoms with van der Waals surface area (Å²) in [7, 11) is 0. The molecule has 9 aromatic carbocycles. The smallest absolute Gasteiger partial charge is 0.136 e. The summed E-state index contributed by atoms with van der Waals surface area (Å²) in [4.78, 5) is 0. The molecule has 0 amide bonds. The number of furan rings is 1. The first-order valence-electron chi connectivity index (χ1n) is 17.9. The second-order valence-electron chi connectivity index (χ2n) is 13.6. The van der Waals surface area contributed by atoms with Crippen LogP contribution in [-0.4, -0.2) is 4.57 Å². The zero-order valence-corrected chi connectivity index (χ0v) is 28.3. The molecular weight excluding hydrogens is 631 g/mol. The van der Waals surface area contributed by atoms with E-state index in [1.165, 1.54) is 76.7 Å². The molecule has 2 heterocycles. The monoisotopic (exact) mass is 661 g/mol. The maximum atomic E-state index is 6.27. The fraction of sp³-hybridized carbons (Fsp3) is 0. The highest BCUT2D eigenvalue weighted by Gasteiger charge is 2.19. The van der Waals surface area contributed by atoms with Crippen LogP contribution in [0.25, 0.3) is 104 Å². The summed E-state index contributed by atoms with van der Waals surface area (Å²) in [5.74, 6) is 0. The Morgan fingerprint density at radius 3 is 1.42 bits per heavy atom. The molecule has 0 bridgehead atoms. The van der Waals surface area contributed by atoms with Crippen LogP contribution in [0.4, 0.5) is 0 Å². The lowest BCUT2D eigenvalue weighted by molar-refractivity contribution is 0.669. The van der Waals surface area contributed by atoms with Crippen LogP contribution in [-0.2, 0) is 0 Å². The zero-order chi connectivity index (χ0) is 34.2. The predicted octanol–water partition coefficient (Wildman–Crippen LogP) is 14.0.